The Hall–Kier alpha value is -0.680. The van der Waals surface area contributed by atoms with Crippen molar-refractivity contribution in [1.82, 2.24) is 9.80 Å². The Labute approximate surface area is 125 Å². The quantitative estimate of drug-likeness (QED) is 0.876. The molecule has 20 heavy (non-hydrogen) atoms. The summed E-state index contributed by atoms with van der Waals surface area (Å²) in [5.74, 6) is -0.238. The Kier molecular flexibility index (Phi) is 5.78. The molecule has 1 unspecified atom stereocenters. The van der Waals surface area contributed by atoms with E-state index in [1.165, 1.54) is 32.0 Å². The number of benzene rings is 1. The number of nitrogens with two attached hydrogens (primary N) is 1. The molecule has 1 aliphatic heterocycles. The number of rotatable bonds is 6. The highest BCUT2D eigenvalue weighted by molar-refractivity contribution is 6.30. The van der Waals surface area contributed by atoms with Crippen LogP contribution >= 0.6 is 11.6 Å². The van der Waals surface area contributed by atoms with Crippen LogP contribution in [-0.4, -0.2) is 49.6 Å². The van der Waals surface area contributed by atoms with Crippen molar-refractivity contribution in [3.05, 3.63) is 34.6 Å². The lowest BCUT2D eigenvalue weighted by molar-refractivity contribution is 0.206. The van der Waals surface area contributed by atoms with Crippen LogP contribution < -0.4 is 5.73 Å². The van der Waals surface area contributed by atoms with E-state index in [4.69, 9.17) is 17.3 Å². The molecule has 0 bridgehead atoms. The molecular weight excluding hydrogens is 277 g/mol. The van der Waals surface area contributed by atoms with E-state index in [2.05, 4.69) is 9.80 Å². The molecule has 5 heteroatoms. The highest BCUT2D eigenvalue weighted by atomic mass is 35.5. The molecule has 112 valence electrons. The van der Waals surface area contributed by atoms with Crippen molar-refractivity contribution < 1.29 is 4.39 Å². The van der Waals surface area contributed by atoms with E-state index in [0.717, 1.165) is 13.1 Å². The van der Waals surface area contributed by atoms with Crippen molar-refractivity contribution >= 4 is 11.6 Å². The van der Waals surface area contributed by atoms with Crippen molar-refractivity contribution in [2.24, 2.45) is 5.73 Å². The van der Waals surface area contributed by atoms with Gasteiger partial charge in [-0.3, -0.25) is 4.90 Å². The third kappa shape index (κ3) is 3.92. The first-order valence-corrected chi connectivity index (χ1v) is 7.57. The lowest BCUT2D eigenvalue weighted by Crippen LogP contribution is -2.37. The summed E-state index contributed by atoms with van der Waals surface area (Å²) in [4.78, 5) is 4.56. The average molecular weight is 300 g/mol. The number of hydrogen-bond acceptors (Lipinski definition) is 3. The van der Waals surface area contributed by atoms with Crippen LogP contribution in [0.4, 0.5) is 4.39 Å². The van der Waals surface area contributed by atoms with Gasteiger partial charge < -0.3 is 10.6 Å². The standard InChI is InChI=1S/C15H23ClFN3/c1-19(8-9-20-6-2-3-7-20)15(11-18)13-10-12(16)4-5-14(13)17/h4-5,10,15H,2-3,6-9,11,18H2,1H3. The Balaban J connectivity index is 2.00. The van der Waals surface area contributed by atoms with Crippen LogP contribution in [0.5, 0.6) is 0 Å². The monoisotopic (exact) mass is 299 g/mol. The van der Waals surface area contributed by atoms with Crippen LogP contribution in [0, 0.1) is 5.82 Å². The van der Waals surface area contributed by atoms with Gasteiger partial charge in [-0.05, 0) is 51.2 Å². The number of hydrogen-bond donors (Lipinski definition) is 1. The zero-order valence-corrected chi connectivity index (χ0v) is 12.7. The third-order valence-electron chi connectivity index (χ3n) is 4.04. The number of likely N-dealkylation sites (tertiary alicyclic amines) is 1. The van der Waals surface area contributed by atoms with Gasteiger partial charge in [0.25, 0.3) is 0 Å². The first kappa shape index (κ1) is 15.7. The minimum absolute atomic E-state index is 0.128. The second-order valence-electron chi connectivity index (χ2n) is 5.45. The van der Waals surface area contributed by atoms with Gasteiger partial charge in [0, 0.05) is 36.3 Å². The van der Waals surface area contributed by atoms with Crippen molar-refractivity contribution in [2.75, 3.05) is 39.8 Å². The van der Waals surface area contributed by atoms with E-state index in [1.807, 2.05) is 7.05 Å². The molecule has 1 aromatic carbocycles. The van der Waals surface area contributed by atoms with Crippen molar-refractivity contribution in [3.63, 3.8) is 0 Å². The van der Waals surface area contributed by atoms with E-state index >= 15 is 0 Å². The smallest absolute Gasteiger partial charge is 0.128 e. The van der Waals surface area contributed by atoms with E-state index in [0.29, 0.717) is 17.1 Å². The predicted molar refractivity (Wildman–Crippen MR) is 81.5 cm³/mol. The maximum Gasteiger partial charge on any atom is 0.128 e. The summed E-state index contributed by atoms with van der Waals surface area (Å²) >= 11 is 5.97. The summed E-state index contributed by atoms with van der Waals surface area (Å²) < 4.78 is 14.0. The largest absolute Gasteiger partial charge is 0.329 e. The molecule has 1 aromatic rings. The van der Waals surface area contributed by atoms with Gasteiger partial charge in [0.2, 0.25) is 0 Å². The van der Waals surface area contributed by atoms with Crippen LogP contribution in [0.1, 0.15) is 24.4 Å². The predicted octanol–water partition coefficient (Wildman–Crippen LogP) is 2.51. The summed E-state index contributed by atoms with van der Waals surface area (Å²) in [6, 6.07) is 4.53. The Morgan fingerprint density at radius 3 is 2.75 bits per heavy atom. The number of halogens is 2. The average Bonchev–Trinajstić information content (AvgIpc) is 2.94. The van der Waals surface area contributed by atoms with Crippen LogP contribution in [0.2, 0.25) is 5.02 Å². The first-order chi connectivity index (χ1) is 9.61. The van der Waals surface area contributed by atoms with E-state index < -0.39 is 0 Å². The summed E-state index contributed by atoms with van der Waals surface area (Å²) in [6.45, 7) is 4.62. The molecule has 0 saturated carbocycles. The van der Waals surface area contributed by atoms with Gasteiger partial charge in [-0.1, -0.05) is 11.6 Å². The summed E-state index contributed by atoms with van der Waals surface area (Å²) in [6.07, 6.45) is 2.57. The summed E-state index contributed by atoms with van der Waals surface area (Å²) in [7, 11) is 1.99. The highest BCUT2D eigenvalue weighted by Gasteiger charge is 2.20. The van der Waals surface area contributed by atoms with Gasteiger partial charge >= 0.3 is 0 Å². The molecule has 0 aliphatic carbocycles. The van der Waals surface area contributed by atoms with E-state index in [1.54, 1.807) is 12.1 Å². The second kappa shape index (κ2) is 7.36. The molecule has 0 aromatic heterocycles. The fourth-order valence-electron chi connectivity index (χ4n) is 2.78. The fourth-order valence-corrected chi connectivity index (χ4v) is 2.96. The molecule has 2 rings (SSSR count). The van der Waals surface area contributed by atoms with Gasteiger partial charge in [-0.2, -0.15) is 0 Å². The number of nitrogens with zero attached hydrogens (tertiary/aromatic N) is 2. The van der Waals surface area contributed by atoms with Gasteiger partial charge in [0.15, 0.2) is 0 Å². The van der Waals surface area contributed by atoms with Gasteiger partial charge in [0.05, 0.1) is 0 Å². The van der Waals surface area contributed by atoms with Crippen LogP contribution in [0.15, 0.2) is 18.2 Å². The lowest BCUT2D eigenvalue weighted by Gasteiger charge is -2.29. The molecule has 0 spiro atoms. The van der Waals surface area contributed by atoms with Crippen LogP contribution in [-0.2, 0) is 0 Å². The van der Waals surface area contributed by atoms with Crippen molar-refractivity contribution in [2.45, 2.75) is 18.9 Å². The summed E-state index contributed by atoms with van der Waals surface area (Å²) in [5, 5.41) is 0.549. The molecule has 2 N–H and O–H groups in total. The molecule has 3 nitrogen and oxygen atoms in total. The molecule has 1 heterocycles. The van der Waals surface area contributed by atoms with Crippen LogP contribution in [0.25, 0.3) is 0 Å². The molecular formula is C15H23ClFN3. The first-order valence-electron chi connectivity index (χ1n) is 7.19. The van der Waals surface area contributed by atoms with Gasteiger partial charge in [-0.15, -0.1) is 0 Å². The minimum atomic E-state index is -0.238. The molecule has 0 amide bonds. The Bertz CT molecular complexity index is 435. The topological polar surface area (TPSA) is 32.5 Å². The SMILES string of the molecule is CN(CCN1CCCC1)C(CN)c1cc(Cl)ccc1F. The lowest BCUT2D eigenvalue weighted by atomic mass is 10.1. The van der Waals surface area contributed by atoms with Gasteiger partial charge in [-0.25, -0.2) is 4.39 Å². The zero-order chi connectivity index (χ0) is 14.5. The fraction of sp³-hybridized carbons (Fsp3) is 0.600. The second-order valence-corrected chi connectivity index (χ2v) is 5.88. The molecule has 1 fully saturated rings. The van der Waals surface area contributed by atoms with E-state index in [-0.39, 0.29) is 11.9 Å². The Morgan fingerprint density at radius 1 is 1.40 bits per heavy atom. The maximum absolute atomic E-state index is 14.0. The van der Waals surface area contributed by atoms with Crippen LogP contribution in [0.3, 0.4) is 0 Å². The zero-order valence-electron chi connectivity index (χ0n) is 12.0. The number of likely N-dealkylation sites (N-methyl/N-ethyl adjacent to an activating group) is 1. The molecule has 0 radical (unpaired) electrons. The van der Waals surface area contributed by atoms with Crippen molar-refractivity contribution in [1.29, 1.82) is 0 Å². The normalized spacial score (nSPS) is 17.9. The Morgan fingerprint density at radius 2 is 2.10 bits per heavy atom. The minimum Gasteiger partial charge on any atom is -0.329 e. The van der Waals surface area contributed by atoms with Crippen molar-refractivity contribution in [3.8, 4) is 0 Å². The maximum atomic E-state index is 14.0. The molecule has 1 atom stereocenters. The third-order valence-corrected chi connectivity index (χ3v) is 4.28. The van der Waals surface area contributed by atoms with E-state index in [9.17, 15) is 4.39 Å². The molecule has 1 saturated heterocycles. The summed E-state index contributed by atoms with van der Waals surface area (Å²) in [5.41, 5.74) is 6.43. The molecule has 1 aliphatic rings. The highest BCUT2D eigenvalue weighted by Crippen LogP contribution is 2.24. The van der Waals surface area contributed by atoms with Gasteiger partial charge in [0.1, 0.15) is 5.82 Å².